The molecular weight excluding hydrogens is 530 g/mol. The van der Waals surface area contributed by atoms with Crippen LogP contribution in [0.25, 0.3) is 10.1 Å². The Balaban J connectivity index is 1.43. The molecule has 1 aliphatic rings. The van der Waals surface area contributed by atoms with Crippen LogP contribution < -0.4 is 14.7 Å². The summed E-state index contributed by atoms with van der Waals surface area (Å²) < 4.78 is 1.25. The molecule has 5 aromatic carbocycles. The van der Waals surface area contributed by atoms with Crippen molar-refractivity contribution in [2.24, 2.45) is 0 Å². The molecule has 1 aliphatic heterocycles. The highest BCUT2D eigenvalue weighted by molar-refractivity contribution is 7.17. The fraction of sp³-hybridized carbons (Fsp3) is 0.0857. The molecule has 0 unspecified atom stereocenters. The lowest BCUT2D eigenvalue weighted by molar-refractivity contribution is 0.540. The molecule has 0 fully saturated rings. The number of thiophene rings is 1. The van der Waals surface area contributed by atoms with E-state index >= 15 is 0 Å². The summed E-state index contributed by atoms with van der Waals surface area (Å²) >= 11 is 9.24. The molecule has 0 spiro atoms. The maximum atomic E-state index is 7.49. The number of hydrogen-bond acceptors (Lipinski definition) is 4. The van der Waals surface area contributed by atoms with E-state index in [0.717, 1.165) is 39.8 Å². The maximum Gasteiger partial charge on any atom is 0.116 e. The molecule has 0 aliphatic carbocycles. The number of fused-ring (bicyclic) bond motifs is 2. The Labute approximate surface area is 244 Å². The van der Waals surface area contributed by atoms with E-state index in [1.165, 1.54) is 10.1 Å². The van der Waals surface area contributed by atoms with Crippen LogP contribution in [0.5, 0.6) is 0 Å². The van der Waals surface area contributed by atoms with Crippen LogP contribution in [0.4, 0.5) is 39.8 Å². The molecule has 0 atom stereocenters. The number of hydrogen-bond donors (Lipinski definition) is 0. The van der Waals surface area contributed by atoms with Crippen LogP contribution in [-0.2, 0) is 0 Å². The van der Waals surface area contributed by atoms with Crippen molar-refractivity contribution >= 4 is 72.8 Å². The third-order valence-electron chi connectivity index (χ3n) is 7.63. The Bertz CT molecular complexity index is 1810. The topological polar surface area (TPSA) is 9.72 Å². The van der Waals surface area contributed by atoms with E-state index in [1.54, 1.807) is 11.3 Å². The van der Waals surface area contributed by atoms with Gasteiger partial charge in [0.1, 0.15) is 5.66 Å². The predicted octanol–water partition coefficient (Wildman–Crippen LogP) is 11.1. The Morgan fingerprint density at radius 1 is 0.600 bits per heavy atom. The molecule has 7 rings (SSSR count). The van der Waals surface area contributed by atoms with E-state index in [2.05, 4.69) is 155 Å². The molecule has 2 heterocycles. The van der Waals surface area contributed by atoms with Crippen LogP contribution in [0.3, 0.4) is 0 Å². The van der Waals surface area contributed by atoms with Crippen molar-refractivity contribution in [3.8, 4) is 0 Å². The third-order valence-corrected chi connectivity index (χ3v) is 8.97. The highest BCUT2D eigenvalue weighted by Gasteiger charge is 2.45. The quantitative estimate of drug-likeness (QED) is 0.209. The summed E-state index contributed by atoms with van der Waals surface area (Å²) in [5.41, 5.74) is 7.11. The van der Waals surface area contributed by atoms with Crippen LogP contribution in [0, 0.1) is 0 Å². The fourth-order valence-electron chi connectivity index (χ4n) is 5.96. The monoisotopic (exact) mass is 557 g/mol. The first kappa shape index (κ1) is 24.8. The van der Waals surface area contributed by atoms with Gasteiger partial charge in [0.05, 0.1) is 33.5 Å². The number of nitrogens with zero attached hydrogens (tertiary/aromatic N) is 3. The van der Waals surface area contributed by atoms with Crippen molar-refractivity contribution in [1.29, 1.82) is 0 Å². The smallest absolute Gasteiger partial charge is 0.116 e. The summed E-state index contributed by atoms with van der Waals surface area (Å²) in [6.07, 6.45) is 0. The highest BCUT2D eigenvalue weighted by Crippen LogP contribution is 2.55. The van der Waals surface area contributed by atoms with Gasteiger partial charge in [0.2, 0.25) is 0 Å². The summed E-state index contributed by atoms with van der Waals surface area (Å²) in [6.45, 7) is 4.51. The zero-order chi connectivity index (χ0) is 27.3. The molecule has 0 bridgehead atoms. The Morgan fingerprint density at radius 3 is 1.95 bits per heavy atom. The minimum Gasteiger partial charge on any atom is -0.316 e. The molecule has 3 nitrogen and oxygen atoms in total. The largest absolute Gasteiger partial charge is 0.316 e. The van der Waals surface area contributed by atoms with Gasteiger partial charge in [0, 0.05) is 26.8 Å². The second-order valence-electron chi connectivity index (χ2n) is 10.4. The molecule has 1 aromatic heterocycles. The van der Waals surface area contributed by atoms with Crippen molar-refractivity contribution in [2.75, 3.05) is 14.7 Å². The lowest BCUT2D eigenvalue weighted by atomic mass is 10.1. The third kappa shape index (κ3) is 3.87. The summed E-state index contributed by atoms with van der Waals surface area (Å²) in [5, 5.41) is 4.15. The summed E-state index contributed by atoms with van der Waals surface area (Å²) in [6, 6.07) is 44.5. The molecule has 0 saturated carbocycles. The van der Waals surface area contributed by atoms with Gasteiger partial charge in [0.15, 0.2) is 0 Å². The van der Waals surface area contributed by atoms with Crippen LogP contribution >= 0.6 is 22.9 Å². The molecule has 196 valence electrons. The Hall–Kier alpha value is -4.25. The summed E-state index contributed by atoms with van der Waals surface area (Å²) in [7, 11) is 0. The van der Waals surface area contributed by atoms with Crippen molar-refractivity contribution in [3.63, 3.8) is 0 Å². The number of anilines is 7. The van der Waals surface area contributed by atoms with Crippen LogP contribution in [0.1, 0.15) is 13.8 Å². The Kier molecular flexibility index (Phi) is 6.03. The van der Waals surface area contributed by atoms with Gasteiger partial charge in [-0.2, -0.15) is 0 Å². The minimum absolute atomic E-state index is 0.417. The van der Waals surface area contributed by atoms with Crippen molar-refractivity contribution in [2.45, 2.75) is 19.5 Å². The van der Waals surface area contributed by atoms with Crippen LogP contribution in [0.2, 0.25) is 5.02 Å². The van der Waals surface area contributed by atoms with Gasteiger partial charge < -0.3 is 14.7 Å². The van der Waals surface area contributed by atoms with E-state index < -0.39 is 5.66 Å². The highest BCUT2D eigenvalue weighted by atomic mass is 35.5. The fourth-order valence-corrected chi connectivity index (χ4v) is 7.19. The van der Waals surface area contributed by atoms with Gasteiger partial charge in [-0.05, 0) is 68.4 Å². The molecule has 0 N–H and O–H groups in total. The SMILES string of the molecule is CC1(C)N(c2ccccc2)c2ccccc2N1c1cccc(N(c2ccccc2)c2csc3ccccc23)c1Cl. The normalized spacial score (nSPS) is 14.0. The van der Waals surface area contributed by atoms with Gasteiger partial charge in [-0.1, -0.05) is 84.4 Å². The molecular formula is C35H28ClN3S. The van der Waals surface area contributed by atoms with Crippen molar-refractivity contribution < 1.29 is 0 Å². The van der Waals surface area contributed by atoms with Gasteiger partial charge in [-0.25, -0.2) is 0 Å². The lowest BCUT2D eigenvalue weighted by Crippen LogP contribution is -2.48. The van der Waals surface area contributed by atoms with E-state index in [9.17, 15) is 0 Å². The first-order valence-electron chi connectivity index (χ1n) is 13.4. The predicted molar refractivity (Wildman–Crippen MR) is 173 cm³/mol. The molecule has 0 radical (unpaired) electrons. The lowest BCUT2D eigenvalue weighted by Gasteiger charge is -2.41. The van der Waals surface area contributed by atoms with Crippen LogP contribution in [0.15, 0.2) is 133 Å². The molecule has 6 aromatic rings. The molecule has 0 amide bonds. The molecule has 5 heteroatoms. The Morgan fingerprint density at radius 2 is 1.20 bits per heavy atom. The zero-order valence-electron chi connectivity index (χ0n) is 22.3. The van der Waals surface area contributed by atoms with Crippen molar-refractivity contribution in [3.05, 3.63) is 138 Å². The van der Waals surface area contributed by atoms with Crippen LogP contribution in [-0.4, -0.2) is 5.66 Å². The van der Waals surface area contributed by atoms with Crippen molar-refractivity contribution in [1.82, 2.24) is 0 Å². The second kappa shape index (κ2) is 9.74. The standard InChI is InChI=1S/C35H28ClN3S/c1-35(2)38(26-16-7-4-8-17-26)28-19-10-11-20-29(28)39(35)31-22-13-21-30(34(31)36)37(25-14-5-3-6-15-25)32-24-40-33-23-12-9-18-27(32)33/h3-24H,1-2H3. The minimum atomic E-state index is -0.417. The summed E-state index contributed by atoms with van der Waals surface area (Å²) in [5.74, 6) is 0. The summed E-state index contributed by atoms with van der Waals surface area (Å²) in [4.78, 5) is 7.05. The van der Waals surface area contributed by atoms with E-state index in [4.69, 9.17) is 11.6 Å². The first-order valence-corrected chi connectivity index (χ1v) is 14.7. The molecule has 40 heavy (non-hydrogen) atoms. The maximum absolute atomic E-state index is 7.49. The number of halogens is 1. The van der Waals surface area contributed by atoms with Gasteiger partial charge in [0.25, 0.3) is 0 Å². The number of rotatable bonds is 5. The number of benzene rings is 5. The van der Waals surface area contributed by atoms with Gasteiger partial charge >= 0.3 is 0 Å². The number of para-hydroxylation sites is 4. The second-order valence-corrected chi connectivity index (χ2v) is 11.7. The van der Waals surface area contributed by atoms with Gasteiger partial charge in [-0.15, -0.1) is 11.3 Å². The zero-order valence-corrected chi connectivity index (χ0v) is 23.9. The van der Waals surface area contributed by atoms with E-state index in [-0.39, 0.29) is 0 Å². The molecule has 0 saturated heterocycles. The average molecular weight is 558 g/mol. The first-order chi connectivity index (χ1) is 19.6. The van der Waals surface area contributed by atoms with E-state index in [1.807, 2.05) is 6.07 Å². The average Bonchev–Trinajstić information content (AvgIpc) is 3.51. The van der Waals surface area contributed by atoms with E-state index in [0.29, 0.717) is 5.02 Å². The van der Waals surface area contributed by atoms with Gasteiger partial charge in [-0.3, -0.25) is 0 Å².